The van der Waals surface area contributed by atoms with Crippen LogP contribution < -0.4 is 21.0 Å². The summed E-state index contributed by atoms with van der Waals surface area (Å²) >= 11 is 12.6. The van der Waals surface area contributed by atoms with E-state index in [1.807, 2.05) is 5.32 Å². The van der Waals surface area contributed by atoms with Crippen LogP contribution in [0.15, 0.2) is 64.9 Å². The monoisotopic (exact) mass is 528 g/mol. The summed E-state index contributed by atoms with van der Waals surface area (Å²) in [6.45, 7) is 1.92. The maximum absolute atomic E-state index is 12.2. The Hall–Kier alpha value is -4.40. The van der Waals surface area contributed by atoms with Crippen LogP contribution in [0.2, 0.25) is 10.0 Å². The number of benzene rings is 1. The number of ether oxygens (including phenoxy) is 2. The van der Waals surface area contributed by atoms with Crippen molar-refractivity contribution in [2.75, 3.05) is 12.0 Å². The van der Waals surface area contributed by atoms with Crippen molar-refractivity contribution < 1.29 is 19.1 Å². The van der Waals surface area contributed by atoms with Gasteiger partial charge in [-0.3, -0.25) is 25.3 Å². The Balaban J connectivity index is 1.75. The minimum Gasteiger partial charge on any atom is -0.453 e. The van der Waals surface area contributed by atoms with E-state index < -0.39 is 17.7 Å². The number of pyridine rings is 2. The second-order valence-corrected chi connectivity index (χ2v) is 7.73. The van der Waals surface area contributed by atoms with Crippen LogP contribution in [0.4, 0.5) is 10.5 Å². The van der Waals surface area contributed by atoms with E-state index in [-0.39, 0.29) is 33.6 Å². The summed E-state index contributed by atoms with van der Waals surface area (Å²) in [5.74, 6) is -0.626. The molecule has 0 bridgehead atoms. The molecule has 1 aromatic carbocycles. The molecule has 0 fully saturated rings. The molecule has 184 valence electrons. The van der Waals surface area contributed by atoms with Crippen molar-refractivity contribution in [1.29, 1.82) is 5.26 Å². The van der Waals surface area contributed by atoms with Crippen molar-refractivity contribution >= 4 is 46.6 Å². The minimum atomic E-state index is -1.05. The predicted octanol–water partition coefficient (Wildman–Crippen LogP) is 3.95. The molecule has 3 rings (SSSR count). The third kappa shape index (κ3) is 7.05. The van der Waals surface area contributed by atoms with E-state index in [2.05, 4.69) is 20.2 Å². The van der Waals surface area contributed by atoms with E-state index >= 15 is 0 Å². The van der Waals surface area contributed by atoms with Gasteiger partial charge in [-0.05, 0) is 42.8 Å². The molecule has 2 N–H and O–H groups in total. The average molecular weight is 529 g/mol. The fourth-order valence-electron chi connectivity index (χ4n) is 2.78. The zero-order valence-corrected chi connectivity index (χ0v) is 20.2. The highest BCUT2D eigenvalue weighted by atomic mass is 35.5. The first-order valence-corrected chi connectivity index (χ1v) is 11.0. The lowest BCUT2D eigenvalue weighted by atomic mass is 10.2. The number of hydrogen-bond acceptors (Lipinski definition) is 9. The Kier molecular flexibility index (Phi) is 8.99. The molecule has 0 aliphatic heterocycles. The molecule has 0 atom stereocenters. The Morgan fingerprint density at radius 3 is 2.50 bits per heavy atom. The third-order valence-corrected chi connectivity index (χ3v) is 4.95. The number of nitriles is 1. The largest absolute Gasteiger partial charge is 0.453 e. The van der Waals surface area contributed by atoms with Crippen LogP contribution in [0.5, 0.6) is 11.5 Å². The van der Waals surface area contributed by atoms with E-state index in [4.69, 9.17) is 33.2 Å². The van der Waals surface area contributed by atoms with E-state index in [0.717, 1.165) is 5.56 Å². The number of halogens is 2. The first-order valence-electron chi connectivity index (χ1n) is 10.3. The van der Waals surface area contributed by atoms with E-state index in [1.165, 1.54) is 35.0 Å². The molecule has 36 heavy (non-hydrogen) atoms. The van der Waals surface area contributed by atoms with E-state index in [9.17, 15) is 14.4 Å². The molecular formula is C23H18Cl2N6O5. The fraction of sp³-hybridized carbons (Fsp3) is 0.130. The van der Waals surface area contributed by atoms with Crippen molar-refractivity contribution in [2.45, 2.75) is 13.5 Å². The molecule has 3 aromatic rings. The zero-order valence-electron chi connectivity index (χ0n) is 18.7. The van der Waals surface area contributed by atoms with Gasteiger partial charge in [0.25, 0.3) is 11.5 Å². The summed E-state index contributed by atoms with van der Waals surface area (Å²) in [7, 11) is 0. The highest BCUT2D eigenvalue weighted by Crippen LogP contribution is 2.38. The van der Waals surface area contributed by atoms with Gasteiger partial charge in [-0.1, -0.05) is 23.2 Å². The van der Waals surface area contributed by atoms with E-state index in [0.29, 0.717) is 12.3 Å². The number of carbonyl (C=O) groups is 2. The molecule has 11 nitrogen and oxygen atoms in total. The lowest BCUT2D eigenvalue weighted by molar-refractivity contribution is -0.114. The first-order chi connectivity index (χ1) is 17.3. The van der Waals surface area contributed by atoms with Gasteiger partial charge in [0.05, 0.1) is 35.1 Å². The maximum atomic E-state index is 12.2. The first kappa shape index (κ1) is 26.2. The number of aromatic nitrogens is 2. The maximum Gasteiger partial charge on any atom is 0.414 e. The normalized spacial score (nSPS) is 10.8. The number of rotatable bonds is 8. The number of nitrogens with zero attached hydrogens (tertiary/aromatic N) is 4. The molecule has 0 aliphatic carbocycles. The molecule has 2 amide bonds. The number of anilines is 1. The van der Waals surface area contributed by atoms with Crippen LogP contribution in [-0.2, 0) is 16.1 Å². The summed E-state index contributed by atoms with van der Waals surface area (Å²) in [5.41, 5.74) is 2.73. The summed E-state index contributed by atoms with van der Waals surface area (Å²) in [6, 6.07) is 10.8. The molecule has 2 aromatic heterocycles. The SMILES string of the molecule is CCOC(=O)NC(=O)C(C#N)=NNc1cc(Cl)c(Oc2ccc(=O)n(Cc3ccncc3)c2)c(Cl)c1. The van der Waals surface area contributed by atoms with E-state index in [1.54, 1.807) is 37.5 Å². The second kappa shape index (κ2) is 12.3. The van der Waals surface area contributed by atoms with Gasteiger partial charge in [-0.25, -0.2) is 4.79 Å². The number of nitrogens with one attached hydrogen (secondary N) is 2. The molecular weight excluding hydrogens is 511 g/mol. The average Bonchev–Trinajstić information content (AvgIpc) is 2.84. The van der Waals surface area contributed by atoms with Crippen LogP contribution in [0.1, 0.15) is 12.5 Å². The number of hydrogen-bond donors (Lipinski definition) is 2. The Labute approximate surface area is 214 Å². The quantitative estimate of drug-likeness (QED) is 0.329. The summed E-state index contributed by atoms with van der Waals surface area (Å²) < 4.78 is 11.9. The number of alkyl carbamates (subject to hydrolysis) is 1. The van der Waals surface area contributed by atoms with Crippen LogP contribution >= 0.6 is 23.2 Å². The number of carbonyl (C=O) groups excluding carboxylic acids is 2. The molecule has 13 heteroatoms. The topological polar surface area (TPSA) is 148 Å². The standard InChI is InChI=1S/C23H18Cl2N6O5/c1-2-35-23(34)28-22(33)19(11-26)30-29-15-9-17(24)21(18(25)10-15)36-16-3-4-20(32)31(13-16)12-14-5-7-27-8-6-14/h3-10,13,29H,2,12H2,1H3,(H,28,33,34). The number of imide groups is 1. The lowest BCUT2D eigenvalue weighted by Gasteiger charge is -2.13. The van der Waals surface area contributed by atoms with Gasteiger partial charge in [0.1, 0.15) is 11.8 Å². The predicted molar refractivity (Wildman–Crippen MR) is 132 cm³/mol. The van der Waals surface area contributed by atoms with Gasteiger partial charge in [0, 0.05) is 18.5 Å². The van der Waals surface area contributed by atoms with Crippen LogP contribution in [-0.4, -0.2) is 33.9 Å². The molecule has 0 spiro atoms. The number of hydrazone groups is 1. The molecule has 0 saturated heterocycles. The van der Waals surface area contributed by atoms with Gasteiger partial charge in [0.15, 0.2) is 5.75 Å². The van der Waals surface area contributed by atoms with Crippen LogP contribution in [0, 0.1) is 11.3 Å². The van der Waals surface area contributed by atoms with Gasteiger partial charge in [0.2, 0.25) is 5.71 Å². The Bertz CT molecular complexity index is 1380. The lowest BCUT2D eigenvalue weighted by Crippen LogP contribution is -2.36. The summed E-state index contributed by atoms with van der Waals surface area (Å²) in [4.78, 5) is 39.5. The molecule has 0 radical (unpaired) electrons. The number of amides is 2. The molecule has 2 heterocycles. The van der Waals surface area contributed by atoms with Gasteiger partial charge in [-0.2, -0.15) is 10.4 Å². The zero-order chi connectivity index (χ0) is 26.1. The highest BCUT2D eigenvalue weighted by Gasteiger charge is 2.16. The van der Waals surface area contributed by atoms with Crippen LogP contribution in [0.3, 0.4) is 0 Å². The molecule has 0 aliphatic rings. The van der Waals surface area contributed by atoms with Crippen molar-refractivity contribution in [2.24, 2.45) is 5.10 Å². The van der Waals surface area contributed by atoms with Crippen molar-refractivity contribution in [3.63, 3.8) is 0 Å². The fourth-order valence-corrected chi connectivity index (χ4v) is 3.35. The second-order valence-electron chi connectivity index (χ2n) is 6.92. The van der Waals surface area contributed by atoms with Crippen LogP contribution in [0.25, 0.3) is 0 Å². The van der Waals surface area contributed by atoms with Gasteiger partial charge >= 0.3 is 6.09 Å². The minimum absolute atomic E-state index is 0.0492. The Morgan fingerprint density at radius 2 is 1.86 bits per heavy atom. The highest BCUT2D eigenvalue weighted by molar-refractivity contribution is 6.47. The molecule has 0 unspecified atom stereocenters. The van der Waals surface area contributed by atoms with Crippen molar-refractivity contribution in [3.8, 4) is 17.6 Å². The summed E-state index contributed by atoms with van der Waals surface area (Å²) in [6.07, 6.45) is 3.77. The third-order valence-electron chi connectivity index (χ3n) is 4.39. The smallest absolute Gasteiger partial charge is 0.414 e. The van der Waals surface area contributed by atoms with Crippen molar-refractivity contribution in [1.82, 2.24) is 14.9 Å². The molecule has 0 saturated carbocycles. The van der Waals surface area contributed by atoms with Gasteiger partial charge < -0.3 is 14.0 Å². The van der Waals surface area contributed by atoms with Crippen molar-refractivity contribution in [3.05, 3.63) is 81.0 Å². The Morgan fingerprint density at radius 1 is 1.17 bits per heavy atom. The van der Waals surface area contributed by atoms with Gasteiger partial charge in [-0.15, -0.1) is 0 Å². The summed E-state index contributed by atoms with van der Waals surface area (Å²) in [5, 5.41) is 14.8.